The lowest BCUT2D eigenvalue weighted by atomic mass is 9.96. The zero-order valence-electron chi connectivity index (χ0n) is 21.1. The Labute approximate surface area is 225 Å². The first-order valence-corrected chi connectivity index (χ1v) is 13.2. The van der Waals surface area contributed by atoms with E-state index in [0.717, 1.165) is 44.7 Å². The van der Waals surface area contributed by atoms with E-state index >= 15 is 0 Å². The zero-order chi connectivity index (χ0) is 26.1. The van der Waals surface area contributed by atoms with Gasteiger partial charge in [0.25, 0.3) is 0 Å². The fourth-order valence-corrected chi connectivity index (χ4v) is 6.01. The largest absolute Gasteiger partial charge is 0.375 e. The number of hydrogen-bond acceptors (Lipinski definition) is 6. The highest BCUT2D eigenvalue weighted by molar-refractivity contribution is 7.80. The molecule has 2 atom stereocenters. The number of nitrogens with one attached hydrogen (secondary N) is 2. The molecule has 8 nitrogen and oxygen atoms in total. The van der Waals surface area contributed by atoms with Gasteiger partial charge in [0.15, 0.2) is 10.2 Å². The molecule has 4 heterocycles. The third-order valence-electron chi connectivity index (χ3n) is 6.54. The standard InChI is InChI=1S/C27H28N6O2S2/c1-16-13-19(8-9-21(16)30-23(34)15-35-4)33-25(24(31-26(33)36)22-7-5-6-10-28-22)20-14-17(2)32(18(20)3)27-29-11-12-37-27/h5-14,24-25H,15H2,1-4H3,(H,30,34)(H,31,36)/t24-,25+/m1/s1. The summed E-state index contributed by atoms with van der Waals surface area (Å²) in [6, 6.07) is 13.8. The summed E-state index contributed by atoms with van der Waals surface area (Å²) in [4.78, 5) is 23.4. The highest BCUT2D eigenvalue weighted by atomic mass is 32.1. The maximum atomic E-state index is 12.1. The number of nitrogens with zero attached hydrogens (tertiary/aromatic N) is 4. The predicted octanol–water partition coefficient (Wildman–Crippen LogP) is 5.02. The van der Waals surface area contributed by atoms with Crippen LogP contribution >= 0.6 is 23.6 Å². The minimum atomic E-state index is -0.195. The van der Waals surface area contributed by atoms with Gasteiger partial charge in [-0.25, -0.2) is 4.98 Å². The average molecular weight is 533 g/mol. The van der Waals surface area contributed by atoms with Crippen molar-refractivity contribution in [1.29, 1.82) is 0 Å². The van der Waals surface area contributed by atoms with Gasteiger partial charge in [-0.1, -0.05) is 6.07 Å². The maximum Gasteiger partial charge on any atom is 0.250 e. The highest BCUT2D eigenvalue weighted by Gasteiger charge is 2.42. The van der Waals surface area contributed by atoms with Crippen molar-refractivity contribution in [1.82, 2.24) is 19.9 Å². The Morgan fingerprint density at radius 3 is 2.68 bits per heavy atom. The van der Waals surface area contributed by atoms with E-state index in [-0.39, 0.29) is 24.6 Å². The Morgan fingerprint density at radius 2 is 2.00 bits per heavy atom. The van der Waals surface area contributed by atoms with Crippen molar-refractivity contribution in [3.63, 3.8) is 0 Å². The third kappa shape index (κ3) is 4.75. The van der Waals surface area contributed by atoms with Crippen molar-refractivity contribution in [3.05, 3.63) is 88.4 Å². The highest BCUT2D eigenvalue weighted by Crippen LogP contribution is 2.44. The van der Waals surface area contributed by atoms with Crippen molar-refractivity contribution >= 4 is 45.9 Å². The SMILES string of the molecule is COCC(=O)Nc1ccc(N2C(=S)N[C@H](c3ccccn3)[C@@H]2c2cc(C)n(-c3nccs3)c2C)cc1C. The second-order valence-electron chi connectivity index (χ2n) is 8.95. The van der Waals surface area contributed by atoms with Gasteiger partial charge in [-0.05, 0) is 80.5 Å². The number of pyridine rings is 1. The number of anilines is 2. The minimum absolute atomic E-state index is 0.00384. The fourth-order valence-electron chi connectivity index (χ4n) is 4.91. The second-order valence-corrected chi connectivity index (χ2v) is 10.2. The van der Waals surface area contributed by atoms with Gasteiger partial charge in [-0.3, -0.25) is 14.3 Å². The van der Waals surface area contributed by atoms with Gasteiger partial charge < -0.3 is 20.3 Å². The molecule has 1 aliphatic rings. The van der Waals surface area contributed by atoms with Gasteiger partial charge in [0.1, 0.15) is 6.61 Å². The summed E-state index contributed by atoms with van der Waals surface area (Å²) < 4.78 is 7.13. The Balaban J connectivity index is 1.60. The van der Waals surface area contributed by atoms with Crippen LogP contribution in [0.4, 0.5) is 11.4 Å². The van der Waals surface area contributed by atoms with E-state index in [1.54, 1.807) is 17.5 Å². The van der Waals surface area contributed by atoms with Crippen LogP contribution < -0.4 is 15.5 Å². The normalized spacial score (nSPS) is 17.2. The van der Waals surface area contributed by atoms with Gasteiger partial charge in [0, 0.05) is 47.6 Å². The van der Waals surface area contributed by atoms with E-state index in [9.17, 15) is 4.79 Å². The molecule has 1 aromatic carbocycles. The first-order valence-electron chi connectivity index (χ1n) is 11.9. The molecule has 0 bridgehead atoms. The molecule has 10 heteroatoms. The minimum Gasteiger partial charge on any atom is -0.375 e. The van der Waals surface area contributed by atoms with Gasteiger partial charge in [-0.15, -0.1) is 11.3 Å². The van der Waals surface area contributed by atoms with Crippen molar-refractivity contribution in [3.8, 4) is 5.13 Å². The van der Waals surface area contributed by atoms with E-state index in [1.165, 1.54) is 7.11 Å². The van der Waals surface area contributed by atoms with Crippen LogP contribution in [-0.4, -0.2) is 39.3 Å². The predicted molar refractivity (Wildman–Crippen MR) is 151 cm³/mol. The van der Waals surface area contributed by atoms with Gasteiger partial charge in [0.2, 0.25) is 5.91 Å². The molecule has 0 radical (unpaired) electrons. The number of rotatable bonds is 7. The van der Waals surface area contributed by atoms with E-state index in [1.807, 2.05) is 54.9 Å². The molecule has 5 rings (SSSR count). The number of ether oxygens (including phenoxy) is 1. The molecule has 190 valence electrons. The number of benzene rings is 1. The van der Waals surface area contributed by atoms with Crippen LogP contribution in [0.15, 0.2) is 60.2 Å². The third-order valence-corrected chi connectivity index (χ3v) is 7.61. The average Bonchev–Trinajstić information content (AvgIpc) is 3.59. The molecule has 1 amide bonds. The van der Waals surface area contributed by atoms with Crippen LogP contribution in [0.25, 0.3) is 5.13 Å². The Bertz CT molecular complexity index is 1430. The Kier molecular flexibility index (Phi) is 7.05. The molecule has 1 aliphatic heterocycles. The molecule has 3 aromatic heterocycles. The molecule has 0 aliphatic carbocycles. The summed E-state index contributed by atoms with van der Waals surface area (Å²) in [7, 11) is 1.50. The first kappa shape index (κ1) is 25.1. The number of carbonyl (C=O) groups excluding carboxylic acids is 1. The van der Waals surface area contributed by atoms with Gasteiger partial charge >= 0.3 is 0 Å². The maximum absolute atomic E-state index is 12.1. The lowest BCUT2D eigenvalue weighted by molar-refractivity contribution is -0.119. The van der Waals surface area contributed by atoms with E-state index in [4.69, 9.17) is 17.0 Å². The summed E-state index contributed by atoms with van der Waals surface area (Å²) in [5.74, 6) is -0.195. The summed E-state index contributed by atoms with van der Waals surface area (Å²) in [5, 5.41) is 9.97. The van der Waals surface area contributed by atoms with Crippen LogP contribution in [0.5, 0.6) is 0 Å². The van der Waals surface area contributed by atoms with Crippen LogP contribution in [0.2, 0.25) is 0 Å². The molecule has 0 spiro atoms. The number of methoxy groups -OCH3 is 1. The van der Waals surface area contributed by atoms with Crippen LogP contribution in [0.3, 0.4) is 0 Å². The molecular formula is C27H28N6O2S2. The molecule has 2 N–H and O–H groups in total. The number of hydrogen-bond donors (Lipinski definition) is 2. The number of amides is 1. The molecule has 4 aromatic rings. The zero-order valence-corrected chi connectivity index (χ0v) is 22.7. The number of thiazole rings is 1. The summed E-state index contributed by atoms with van der Waals surface area (Å²) in [6.45, 7) is 6.20. The van der Waals surface area contributed by atoms with Crippen molar-refractivity contribution in [2.45, 2.75) is 32.9 Å². The quantitative estimate of drug-likeness (QED) is 0.324. The van der Waals surface area contributed by atoms with Crippen molar-refractivity contribution in [2.75, 3.05) is 23.9 Å². The fraction of sp³-hybridized carbons (Fsp3) is 0.259. The molecule has 0 saturated carbocycles. The number of thiocarbonyl (C=S) groups is 1. The summed E-state index contributed by atoms with van der Waals surface area (Å²) >= 11 is 7.51. The first-order chi connectivity index (χ1) is 17.9. The molecule has 37 heavy (non-hydrogen) atoms. The monoisotopic (exact) mass is 532 g/mol. The summed E-state index contributed by atoms with van der Waals surface area (Å²) in [5.41, 5.74) is 6.87. The Hall–Kier alpha value is -3.60. The molecular weight excluding hydrogens is 504 g/mol. The van der Waals surface area contributed by atoms with Crippen LogP contribution in [-0.2, 0) is 9.53 Å². The van der Waals surface area contributed by atoms with E-state index < -0.39 is 0 Å². The summed E-state index contributed by atoms with van der Waals surface area (Å²) in [6.07, 6.45) is 3.63. The number of aromatic nitrogens is 3. The topological polar surface area (TPSA) is 84.3 Å². The molecule has 1 saturated heterocycles. The van der Waals surface area contributed by atoms with Crippen molar-refractivity contribution in [2.24, 2.45) is 0 Å². The van der Waals surface area contributed by atoms with Gasteiger partial charge in [-0.2, -0.15) is 0 Å². The molecule has 1 fully saturated rings. The Morgan fingerprint density at radius 1 is 1.16 bits per heavy atom. The van der Waals surface area contributed by atoms with E-state index in [0.29, 0.717) is 5.11 Å². The second kappa shape index (κ2) is 10.4. The lowest BCUT2D eigenvalue weighted by Gasteiger charge is -2.28. The van der Waals surface area contributed by atoms with Crippen LogP contribution in [0.1, 0.15) is 40.3 Å². The number of aryl methyl sites for hydroxylation is 2. The van der Waals surface area contributed by atoms with E-state index in [2.05, 4.69) is 50.0 Å². The molecule has 0 unspecified atom stereocenters. The smallest absolute Gasteiger partial charge is 0.250 e. The van der Waals surface area contributed by atoms with Gasteiger partial charge in [0.05, 0.1) is 17.8 Å². The number of carbonyl (C=O) groups is 1. The van der Waals surface area contributed by atoms with Crippen molar-refractivity contribution < 1.29 is 9.53 Å². The lowest BCUT2D eigenvalue weighted by Crippen LogP contribution is -2.29. The van der Waals surface area contributed by atoms with Crippen LogP contribution in [0, 0.1) is 20.8 Å².